The fourth-order valence-electron chi connectivity index (χ4n) is 2.48. The Balaban J connectivity index is 2.08. The number of benzene rings is 2. The zero-order valence-corrected chi connectivity index (χ0v) is 15.1. The molecule has 4 amide bonds. The maximum Gasteiger partial charge on any atom is 0.335 e. The molecule has 1 fully saturated rings. The van der Waals surface area contributed by atoms with Gasteiger partial charge in [0.05, 0.1) is 12.8 Å². The number of nitrogens with zero attached hydrogens (tertiary/aromatic N) is 1. The number of phenols is 1. The minimum Gasteiger partial charge on any atom is -0.504 e. The number of methoxy groups -OCH3 is 1. The number of para-hydroxylation sites is 1. The van der Waals surface area contributed by atoms with Gasteiger partial charge in [0.2, 0.25) is 0 Å². The number of hydrogen-bond acceptors (Lipinski definition) is 5. The Hall–Kier alpha value is -3.13. The van der Waals surface area contributed by atoms with E-state index in [0.29, 0.717) is 10.2 Å². The van der Waals surface area contributed by atoms with Crippen molar-refractivity contribution in [2.45, 2.75) is 0 Å². The molecular formula is C18H13BrN2O5. The number of halogens is 1. The van der Waals surface area contributed by atoms with E-state index in [4.69, 9.17) is 4.74 Å². The summed E-state index contributed by atoms with van der Waals surface area (Å²) in [6.07, 6.45) is 1.21. The van der Waals surface area contributed by atoms with Gasteiger partial charge in [0.25, 0.3) is 11.8 Å². The molecule has 0 unspecified atom stereocenters. The monoisotopic (exact) mass is 416 g/mol. The molecule has 0 spiro atoms. The number of barbiturate groups is 1. The summed E-state index contributed by atoms with van der Waals surface area (Å²) in [5.41, 5.74) is 0.227. The summed E-state index contributed by atoms with van der Waals surface area (Å²) in [5, 5.41) is 12.4. The molecule has 1 heterocycles. The van der Waals surface area contributed by atoms with Crippen molar-refractivity contribution in [2.24, 2.45) is 0 Å². The van der Waals surface area contributed by atoms with E-state index in [-0.39, 0.29) is 22.6 Å². The van der Waals surface area contributed by atoms with Crippen LogP contribution in [0.5, 0.6) is 11.5 Å². The zero-order chi connectivity index (χ0) is 18.8. The summed E-state index contributed by atoms with van der Waals surface area (Å²) in [6, 6.07) is 10.5. The molecule has 0 aliphatic carbocycles. The number of nitrogens with one attached hydrogen (secondary N) is 1. The van der Waals surface area contributed by atoms with E-state index >= 15 is 0 Å². The van der Waals surface area contributed by atoms with Crippen LogP contribution < -0.4 is 15.0 Å². The van der Waals surface area contributed by atoms with Crippen LogP contribution in [0.1, 0.15) is 5.56 Å². The van der Waals surface area contributed by atoms with Gasteiger partial charge in [0, 0.05) is 10.0 Å². The first-order valence-corrected chi connectivity index (χ1v) is 8.24. The lowest BCUT2D eigenvalue weighted by Gasteiger charge is -2.26. The lowest BCUT2D eigenvalue weighted by Crippen LogP contribution is -2.54. The summed E-state index contributed by atoms with van der Waals surface area (Å²) in [6.45, 7) is 0. The maximum absolute atomic E-state index is 12.8. The largest absolute Gasteiger partial charge is 0.504 e. The molecule has 3 rings (SSSR count). The van der Waals surface area contributed by atoms with Gasteiger partial charge in [-0.25, -0.2) is 9.69 Å². The van der Waals surface area contributed by atoms with Crippen LogP contribution in [0, 0.1) is 0 Å². The molecule has 7 nitrogen and oxygen atoms in total. The highest BCUT2D eigenvalue weighted by atomic mass is 79.9. The minimum atomic E-state index is -0.842. The SMILES string of the molecule is COc1cc(Br)cc(/C=C2/C(=O)NC(=O)N(c3ccccc3)C2=O)c1O. The molecule has 26 heavy (non-hydrogen) atoms. The highest BCUT2D eigenvalue weighted by Gasteiger charge is 2.36. The minimum absolute atomic E-state index is 0.172. The number of urea groups is 1. The van der Waals surface area contributed by atoms with Crippen LogP contribution in [0.4, 0.5) is 10.5 Å². The van der Waals surface area contributed by atoms with Crippen LogP contribution in [0.3, 0.4) is 0 Å². The van der Waals surface area contributed by atoms with Gasteiger partial charge in [-0.2, -0.15) is 0 Å². The Kier molecular flexibility index (Phi) is 4.77. The van der Waals surface area contributed by atoms with Crippen LogP contribution in [0.25, 0.3) is 6.08 Å². The molecule has 0 saturated carbocycles. The maximum atomic E-state index is 12.8. The fraction of sp³-hybridized carbons (Fsp3) is 0.0556. The first-order chi connectivity index (χ1) is 12.4. The first-order valence-electron chi connectivity index (χ1n) is 7.45. The molecule has 0 atom stereocenters. The second-order valence-corrected chi connectivity index (χ2v) is 6.25. The molecular weight excluding hydrogens is 404 g/mol. The summed E-state index contributed by atoms with van der Waals surface area (Å²) < 4.78 is 5.64. The molecule has 2 N–H and O–H groups in total. The van der Waals surface area contributed by atoms with Crippen LogP contribution in [0.15, 0.2) is 52.5 Å². The topological polar surface area (TPSA) is 95.9 Å². The van der Waals surface area contributed by atoms with Gasteiger partial charge >= 0.3 is 6.03 Å². The van der Waals surface area contributed by atoms with E-state index in [1.807, 2.05) is 0 Å². The normalized spacial score (nSPS) is 16.0. The molecule has 0 bridgehead atoms. The molecule has 132 valence electrons. The van der Waals surface area contributed by atoms with Gasteiger partial charge in [0.15, 0.2) is 11.5 Å². The molecule has 2 aromatic rings. The predicted octanol–water partition coefficient (Wildman–Crippen LogP) is 2.83. The number of carbonyl (C=O) groups is 3. The van der Waals surface area contributed by atoms with Crippen molar-refractivity contribution in [3.63, 3.8) is 0 Å². The molecule has 1 saturated heterocycles. The van der Waals surface area contributed by atoms with Crippen LogP contribution >= 0.6 is 15.9 Å². The molecule has 2 aromatic carbocycles. The summed E-state index contributed by atoms with van der Waals surface area (Å²) in [7, 11) is 1.38. The van der Waals surface area contributed by atoms with Crippen LogP contribution in [-0.2, 0) is 9.59 Å². The second-order valence-electron chi connectivity index (χ2n) is 5.34. The zero-order valence-electron chi connectivity index (χ0n) is 13.5. The number of hydrogen-bond donors (Lipinski definition) is 2. The van der Waals surface area contributed by atoms with E-state index in [9.17, 15) is 19.5 Å². The van der Waals surface area contributed by atoms with E-state index in [0.717, 1.165) is 4.90 Å². The average Bonchev–Trinajstić information content (AvgIpc) is 2.61. The van der Waals surface area contributed by atoms with E-state index in [2.05, 4.69) is 21.2 Å². The lowest BCUT2D eigenvalue weighted by atomic mass is 10.1. The Morgan fingerprint density at radius 3 is 2.50 bits per heavy atom. The Morgan fingerprint density at radius 2 is 1.85 bits per heavy atom. The first kappa shape index (κ1) is 17.7. The van der Waals surface area contributed by atoms with Gasteiger partial charge in [-0.05, 0) is 30.3 Å². The number of imide groups is 2. The number of carbonyl (C=O) groups excluding carboxylic acids is 3. The summed E-state index contributed by atoms with van der Waals surface area (Å²) in [5.74, 6) is -1.69. The molecule has 0 aromatic heterocycles. The third-order valence-corrected chi connectivity index (χ3v) is 4.16. The van der Waals surface area contributed by atoms with Crippen molar-refractivity contribution in [3.05, 3.63) is 58.1 Å². The van der Waals surface area contributed by atoms with Crippen molar-refractivity contribution in [1.82, 2.24) is 5.32 Å². The Bertz CT molecular complexity index is 940. The number of amides is 4. The van der Waals surface area contributed by atoms with E-state index < -0.39 is 17.8 Å². The van der Waals surface area contributed by atoms with E-state index in [1.165, 1.54) is 19.3 Å². The lowest BCUT2D eigenvalue weighted by molar-refractivity contribution is -0.122. The van der Waals surface area contributed by atoms with Gasteiger partial charge < -0.3 is 9.84 Å². The van der Waals surface area contributed by atoms with Gasteiger partial charge in [-0.3, -0.25) is 14.9 Å². The van der Waals surface area contributed by atoms with Crippen molar-refractivity contribution >= 4 is 45.5 Å². The molecule has 0 radical (unpaired) electrons. The Morgan fingerprint density at radius 1 is 1.15 bits per heavy atom. The van der Waals surface area contributed by atoms with Gasteiger partial charge in [-0.15, -0.1) is 0 Å². The van der Waals surface area contributed by atoms with Gasteiger partial charge in [-0.1, -0.05) is 34.1 Å². The smallest absolute Gasteiger partial charge is 0.335 e. The van der Waals surface area contributed by atoms with Crippen molar-refractivity contribution < 1.29 is 24.2 Å². The number of ether oxygens (including phenoxy) is 1. The standard InChI is InChI=1S/C18H13BrN2O5/c1-26-14-9-11(19)7-10(15(14)22)8-13-16(23)20-18(25)21(17(13)24)12-5-3-2-4-6-12/h2-9,22H,1H3,(H,20,23,25)/b13-8-. The molecule has 8 heteroatoms. The highest BCUT2D eigenvalue weighted by Crippen LogP contribution is 2.35. The van der Waals surface area contributed by atoms with Gasteiger partial charge in [0.1, 0.15) is 5.57 Å². The summed E-state index contributed by atoms with van der Waals surface area (Å²) in [4.78, 5) is 37.9. The van der Waals surface area contributed by atoms with Crippen LogP contribution in [0.2, 0.25) is 0 Å². The second kappa shape index (κ2) is 7.01. The van der Waals surface area contributed by atoms with Crippen molar-refractivity contribution in [3.8, 4) is 11.5 Å². The number of rotatable bonds is 3. The molecule has 1 aliphatic heterocycles. The number of phenolic OH excluding ortho intramolecular Hbond substituents is 1. The highest BCUT2D eigenvalue weighted by molar-refractivity contribution is 9.10. The predicted molar refractivity (Wildman–Crippen MR) is 97.8 cm³/mol. The third-order valence-electron chi connectivity index (χ3n) is 3.71. The quantitative estimate of drug-likeness (QED) is 0.592. The Labute approximate surface area is 157 Å². The third kappa shape index (κ3) is 3.18. The van der Waals surface area contributed by atoms with E-state index in [1.54, 1.807) is 36.4 Å². The van der Waals surface area contributed by atoms with Crippen LogP contribution in [-0.4, -0.2) is 30.1 Å². The number of aromatic hydroxyl groups is 1. The van der Waals surface area contributed by atoms with Crippen molar-refractivity contribution in [1.29, 1.82) is 0 Å². The van der Waals surface area contributed by atoms with Crippen molar-refractivity contribution in [2.75, 3.05) is 12.0 Å². The molecule has 1 aliphatic rings. The average molecular weight is 417 g/mol. The summed E-state index contributed by atoms with van der Waals surface area (Å²) >= 11 is 3.27. The number of anilines is 1. The fourth-order valence-corrected chi connectivity index (χ4v) is 2.94.